The summed E-state index contributed by atoms with van der Waals surface area (Å²) < 4.78 is 12.0. The number of aromatic nitrogens is 2. The number of carbonyl (C=O) groups is 1. The van der Waals surface area contributed by atoms with Gasteiger partial charge in [-0.1, -0.05) is 0 Å². The Kier molecular flexibility index (Phi) is 6.16. The predicted octanol–water partition coefficient (Wildman–Crippen LogP) is 3.69. The molecule has 5 rings (SSSR count). The highest BCUT2D eigenvalue weighted by Crippen LogP contribution is 2.48. The van der Waals surface area contributed by atoms with Gasteiger partial charge in [0.1, 0.15) is 17.8 Å². The van der Waals surface area contributed by atoms with Crippen LogP contribution >= 0.6 is 0 Å². The summed E-state index contributed by atoms with van der Waals surface area (Å²) in [5, 5.41) is 9.43. The molecule has 2 heterocycles. The minimum absolute atomic E-state index is 0.0463. The molecular formula is C25H32N4O3. The largest absolute Gasteiger partial charge is 0.474 e. The number of nitrogens with one attached hydrogen (secondary N) is 1. The molecule has 0 aromatic heterocycles. The third-order valence-electron chi connectivity index (χ3n) is 7.64. The van der Waals surface area contributed by atoms with Crippen LogP contribution in [-0.4, -0.2) is 59.1 Å². The van der Waals surface area contributed by atoms with Gasteiger partial charge < -0.3 is 14.5 Å². The SMILES string of the molecule is CC(=O)C(C#N)C[C@H]1CCc2cc3[nH]cnc(OC4CCC(N5CCOCC5)CC4)c-3c21. The van der Waals surface area contributed by atoms with E-state index in [1.807, 2.05) is 0 Å². The normalized spacial score (nSPS) is 27.1. The number of H-pyrrole nitrogens is 1. The highest BCUT2D eigenvalue weighted by Gasteiger charge is 2.35. The molecule has 1 N–H and O–H groups in total. The molecule has 0 aromatic carbocycles. The number of nitrogens with zero attached hydrogens (tertiary/aromatic N) is 3. The molecule has 7 heteroatoms. The van der Waals surface area contributed by atoms with Gasteiger partial charge in [0.2, 0.25) is 5.88 Å². The molecular weight excluding hydrogens is 404 g/mol. The van der Waals surface area contributed by atoms with Gasteiger partial charge in [0, 0.05) is 19.1 Å². The number of rotatable bonds is 6. The van der Waals surface area contributed by atoms with Gasteiger partial charge in [0.05, 0.1) is 36.9 Å². The van der Waals surface area contributed by atoms with E-state index in [9.17, 15) is 10.1 Å². The number of aromatic amines is 1. The molecule has 5 aliphatic rings. The van der Waals surface area contributed by atoms with E-state index in [2.05, 4.69) is 27.0 Å². The maximum Gasteiger partial charge on any atom is 0.224 e. The minimum Gasteiger partial charge on any atom is -0.474 e. The first-order valence-corrected chi connectivity index (χ1v) is 12.0. The molecule has 1 saturated carbocycles. The fraction of sp³-hybridized carbons (Fsp3) is 0.640. The molecule has 1 unspecified atom stereocenters. The Morgan fingerprint density at radius 3 is 2.81 bits per heavy atom. The van der Waals surface area contributed by atoms with Crippen LogP contribution in [0.5, 0.6) is 5.88 Å². The molecule has 1 saturated heterocycles. The summed E-state index contributed by atoms with van der Waals surface area (Å²) in [5.74, 6) is 0.317. The molecule has 3 aliphatic carbocycles. The lowest BCUT2D eigenvalue weighted by Crippen LogP contribution is -2.46. The summed E-state index contributed by atoms with van der Waals surface area (Å²) in [5.41, 5.74) is 4.64. The summed E-state index contributed by atoms with van der Waals surface area (Å²) in [6, 6.07) is 5.03. The van der Waals surface area contributed by atoms with E-state index in [0.29, 0.717) is 18.3 Å². The molecule has 2 aliphatic heterocycles. The van der Waals surface area contributed by atoms with Crippen LogP contribution in [0.1, 0.15) is 62.5 Å². The third-order valence-corrected chi connectivity index (χ3v) is 7.64. The van der Waals surface area contributed by atoms with E-state index in [1.165, 1.54) is 18.1 Å². The number of ether oxygens (including phenoxy) is 2. The zero-order valence-electron chi connectivity index (χ0n) is 18.8. The maximum atomic E-state index is 11.9. The van der Waals surface area contributed by atoms with Crippen molar-refractivity contribution < 1.29 is 14.3 Å². The number of Topliss-reactive ketones (excluding diaryl/α,β-unsaturated/α-hetero) is 1. The number of carbonyl (C=O) groups excluding carboxylic acids is 1. The van der Waals surface area contributed by atoms with Crippen LogP contribution in [0.4, 0.5) is 0 Å². The highest BCUT2D eigenvalue weighted by atomic mass is 16.5. The molecule has 0 amide bonds. The van der Waals surface area contributed by atoms with Crippen LogP contribution in [0, 0.1) is 17.2 Å². The lowest BCUT2D eigenvalue weighted by atomic mass is 9.87. The highest BCUT2D eigenvalue weighted by molar-refractivity contribution is 5.81. The lowest BCUT2D eigenvalue weighted by molar-refractivity contribution is -0.119. The van der Waals surface area contributed by atoms with Crippen molar-refractivity contribution in [3.63, 3.8) is 0 Å². The Labute approximate surface area is 189 Å². The third kappa shape index (κ3) is 4.14. The second kappa shape index (κ2) is 9.21. The van der Waals surface area contributed by atoms with E-state index in [4.69, 9.17) is 9.47 Å². The minimum atomic E-state index is -0.545. The van der Waals surface area contributed by atoms with Crippen molar-refractivity contribution >= 4 is 5.78 Å². The molecule has 0 radical (unpaired) electrons. The van der Waals surface area contributed by atoms with Crippen molar-refractivity contribution in [2.24, 2.45) is 5.92 Å². The standard InChI is InChI=1S/C25H32N4O3/c1-16(30)19(14-26)12-17-2-3-18-13-22-24(23(17)18)25(28-15-27-22)32-21-6-4-20(5-7-21)29-8-10-31-11-9-29/h13,15,17,19-21H,2-12H2,1H3,(H,27,28)/t17-,19?,20?,21?/m1/s1. The van der Waals surface area contributed by atoms with Gasteiger partial charge in [-0.15, -0.1) is 0 Å². The first-order chi connectivity index (χ1) is 15.6. The van der Waals surface area contributed by atoms with E-state index < -0.39 is 5.92 Å². The molecule has 7 nitrogen and oxygen atoms in total. The first-order valence-electron chi connectivity index (χ1n) is 12.0. The summed E-state index contributed by atoms with van der Waals surface area (Å²) in [6.45, 7) is 5.29. The van der Waals surface area contributed by atoms with Gasteiger partial charge in [-0.05, 0) is 75.0 Å². The summed E-state index contributed by atoms with van der Waals surface area (Å²) in [7, 11) is 0. The summed E-state index contributed by atoms with van der Waals surface area (Å²) in [4.78, 5) is 22.3. The van der Waals surface area contributed by atoms with E-state index in [1.54, 1.807) is 6.33 Å². The smallest absolute Gasteiger partial charge is 0.224 e. The Balaban J connectivity index is 1.31. The van der Waals surface area contributed by atoms with E-state index in [-0.39, 0.29) is 17.8 Å². The van der Waals surface area contributed by atoms with Crippen LogP contribution in [0.25, 0.3) is 11.3 Å². The number of morpholine rings is 1. The van der Waals surface area contributed by atoms with Crippen LogP contribution in [0.3, 0.4) is 0 Å². The topological polar surface area (TPSA) is 91.2 Å². The maximum absolute atomic E-state index is 11.9. The molecule has 170 valence electrons. The van der Waals surface area contributed by atoms with Crippen molar-refractivity contribution in [1.29, 1.82) is 5.26 Å². The average Bonchev–Trinajstić information content (AvgIpc) is 3.38. The number of hydrogen-bond acceptors (Lipinski definition) is 6. The van der Waals surface area contributed by atoms with E-state index in [0.717, 1.165) is 76.1 Å². The lowest BCUT2D eigenvalue weighted by Gasteiger charge is -2.38. The fourth-order valence-corrected chi connectivity index (χ4v) is 5.89. The van der Waals surface area contributed by atoms with Gasteiger partial charge in [0.25, 0.3) is 0 Å². The van der Waals surface area contributed by atoms with Crippen LogP contribution in [0.2, 0.25) is 0 Å². The Morgan fingerprint density at radius 1 is 1.31 bits per heavy atom. The number of hydrogen-bond donors (Lipinski definition) is 1. The molecule has 0 spiro atoms. The number of fused-ring (bicyclic) bond motifs is 3. The van der Waals surface area contributed by atoms with Crippen molar-refractivity contribution in [3.05, 3.63) is 23.5 Å². The fourth-order valence-electron chi connectivity index (χ4n) is 5.89. The summed E-state index contributed by atoms with van der Waals surface area (Å²) >= 11 is 0. The van der Waals surface area contributed by atoms with Gasteiger partial charge >= 0.3 is 0 Å². The van der Waals surface area contributed by atoms with Gasteiger partial charge in [-0.3, -0.25) is 9.69 Å². The zero-order chi connectivity index (χ0) is 22.1. The van der Waals surface area contributed by atoms with E-state index >= 15 is 0 Å². The second-order valence-electron chi connectivity index (χ2n) is 9.54. The van der Waals surface area contributed by atoms with Crippen molar-refractivity contribution in [2.75, 3.05) is 26.3 Å². The molecule has 2 atom stereocenters. The second-order valence-corrected chi connectivity index (χ2v) is 9.54. The van der Waals surface area contributed by atoms with Gasteiger partial charge in [0.15, 0.2) is 0 Å². The number of aryl methyl sites for hydroxylation is 1. The Bertz CT molecular complexity index is 966. The predicted molar refractivity (Wildman–Crippen MR) is 120 cm³/mol. The molecule has 2 fully saturated rings. The molecule has 0 bridgehead atoms. The van der Waals surface area contributed by atoms with Crippen LogP contribution in [-0.2, 0) is 16.0 Å². The molecule has 32 heavy (non-hydrogen) atoms. The van der Waals surface area contributed by atoms with Gasteiger partial charge in [-0.2, -0.15) is 5.26 Å². The van der Waals surface area contributed by atoms with Gasteiger partial charge in [-0.25, -0.2) is 4.98 Å². The quantitative estimate of drug-likeness (QED) is 0.743. The van der Waals surface area contributed by atoms with Crippen LogP contribution < -0.4 is 4.74 Å². The first kappa shape index (κ1) is 21.4. The average molecular weight is 437 g/mol. The van der Waals surface area contributed by atoms with Crippen LogP contribution in [0.15, 0.2) is 12.4 Å². The van der Waals surface area contributed by atoms with Crippen molar-refractivity contribution in [2.45, 2.75) is 69.9 Å². The monoisotopic (exact) mass is 436 g/mol. The Hall–Kier alpha value is -2.43. The van der Waals surface area contributed by atoms with Crippen molar-refractivity contribution in [1.82, 2.24) is 14.9 Å². The number of ketones is 1. The summed E-state index contributed by atoms with van der Waals surface area (Å²) in [6.07, 6.45) is 8.81. The Morgan fingerprint density at radius 2 is 2.09 bits per heavy atom. The molecule has 0 aromatic rings. The van der Waals surface area contributed by atoms with Crippen molar-refractivity contribution in [3.8, 4) is 23.2 Å². The zero-order valence-corrected chi connectivity index (χ0v) is 18.8. The number of nitriles is 1.